The molecule has 94 valence electrons. The fraction of sp³-hybridized carbons (Fsp3) is 0.538. The number of halogens is 3. The van der Waals surface area contributed by atoms with Gasteiger partial charge in [-0.25, -0.2) is 0 Å². The highest BCUT2D eigenvalue weighted by Gasteiger charge is 2.44. The van der Waals surface area contributed by atoms with Crippen molar-refractivity contribution in [2.75, 3.05) is 6.54 Å². The van der Waals surface area contributed by atoms with Crippen LogP contribution in [0.3, 0.4) is 0 Å². The molecular weight excluding hydrogens is 227 g/mol. The van der Waals surface area contributed by atoms with Crippen molar-refractivity contribution in [3.8, 4) is 0 Å². The maximum Gasteiger partial charge on any atom is 0.404 e. The molecule has 1 nitrogen and oxygen atoms in total. The molecule has 2 rings (SSSR count). The van der Waals surface area contributed by atoms with Crippen molar-refractivity contribution in [1.82, 2.24) is 4.90 Å². The summed E-state index contributed by atoms with van der Waals surface area (Å²) in [4.78, 5) is 1.55. The van der Waals surface area contributed by atoms with Gasteiger partial charge in [-0.3, -0.25) is 4.90 Å². The van der Waals surface area contributed by atoms with Crippen molar-refractivity contribution >= 4 is 0 Å². The molecule has 1 unspecified atom stereocenters. The molecule has 0 radical (unpaired) electrons. The van der Waals surface area contributed by atoms with Crippen LogP contribution in [0.4, 0.5) is 13.2 Å². The molecule has 17 heavy (non-hydrogen) atoms. The zero-order valence-corrected chi connectivity index (χ0v) is 9.58. The van der Waals surface area contributed by atoms with Gasteiger partial charge < -0.3 is 0 Å². The fourth-order valence-corrected chi connectivity index (χ4v) is 2.37. The Morgan fingerprint density at radius 3 is 2.47 bits per heavy atom. The lowest BCUT2D eigenvalue weighted by Gasteiger charge is -2.36. The topological polar surface area (TPSA) is 3.24 Å². The summed E-state index contributed by atoms with van der Waals surface area (Å²) in [6.45, 7) is 0.935. The van der Waals surface area contributed by atoms with Gasteiger partial charge in [0, 0.05) is 6.54 Å². The average molecular weight is 243 g/mol. The van der Waals surface area contributed by atoms with Gasteiger partial charge in [0.05, 0.1) is 0 Å². The highest BCUT2D eigenvalue weighted by Crippen LogP contribution is 2.32. The number of piperidine rings is 1. The fourth-order valence-electron chi connectivity index (χ4n) is 2.37. The minimum Gasteiger partial charge on any atom is -0.288 e. The van der Waals surface area contributed by atoms with E-state index in [0.29, 0.717) is 19.5 Å². The van der Waals surface area contributed by atoms with E-state index in [-0.39, 0.29) is 6.42 Å². The lowest BCUT2D eigenvalue weighted by Crippen LogP contribution is -2.48. The van der Waals surface area contributed by atoms with Crippen LogP contribution in [0.2, 0.25) is 0 Å². The van der Waals surface area contributed by atoms with Crippen molar-refractivity contribution < 1.29 is 13.2 Å². The van der Waals surface area contributed by atoms with E-state index in [1.807, 2.05) is 30.3 Å². The highest BCUT2D eigenvalue weighted by molar-refractivity contribution is 5.14. The van der Waals surface area contributed by atoms with Crippen LogP contribution in [0.25, 0.3) is 0 Å². The molecule has 4 heteroatoms. The number of hydrogen-bond donors (Lipinski definition) is 0. The second-order valence-electron chi connectivity index (χ2n) is 4.51. The zero-order valence-electron chi connectivity index (χ0n) is 9.58. The maximum atomic E-state index is 12.9. The van der Waals surface area contributed by atoms with Crippen LogP contribution in [0.1, 0.15) is 24.8 Å². The van der Waals surface area contributed by atoms with Crippen LogP contribution < -0.4 is 0 Å². The molecule has 1 saturated heterocycles. The van der Waals surface area contributed by atoms with Crippen molar-refractivity contribution in [2.24, 2.45) is 0 Å². The number of alkyl halides is 3. The Hall–Kier alpha value is -1.03. The monoisotopic (exact) mass is 243 g/mol. The summed E-state index contributed by atoms with van der Waals surface area (Å²) in [6.07, 6.45) is -2.33. The SMILES string of the molecule is FC(F)(F)C1CCCCN1Cc1ccccc1. The summed E-state index contributed by atoms with van der Waals surface area (Å²) >= 11 is 0. The first-order chi connectivity index (χ1) is 8.07. The Kier molecular flexibility index (Phi) is 3.72. The van der Waals surface area contributed by atoms with E-state index in [4.69, 9.17) is 0 Å². The molecular formula is C13H16F3N. The Morgan fingerprint density at radius 2 is 1.82 bits per heavy atom. The van der Waals surface area contributed by atoms with Crippen molar-refractivity contribution in [3.05, 3.63) is 35.9 Å². The Balaban J connectivity index is 2.07. The van der Waals surface area contributed by atoms with Crippen molar-refractivity contribution in [1.29, 1.82) is 0 Å². The Labute approximate surface area is 99.2 Å². The summed E-state index contributed by atoms with van der Waals surface area (Å²) in [6, 6.07) is 8.09. The van der Waals surface area contributed by atoms with Gasteiger partial charge in [0.25, 0.3) is 0 Å². The van der Waals surface area contributed by atoms with Gasteiger partial charge >= 0.3 is 6.18 Å². The molecule has 0 amide bonds. The largest absolute Gasteiger partial charge is 0.404 e. The second kappa shape index (κ2) is 5.08. The molecule has 1 aliphatic rings. The predicted octanol–water partition coefficient (Wildman–Crippen LogP) is 3.60. The first kappa shape index (κ1) is 12.4. The van der Waals surface area contributed by atoms with Gasteiger partial charge in [0.15, 0.2) is 0 Å². The predicted molar refractivity (Wildman–Crippen MR) is 60.5 cm³/mol. The minimum atomic E-state index is -4.10. The molecule has 1 fully saturated rings. The molecule has 1 heterocycles. The van der Waals surface area contributed by atoms with Crippen molar-refractivity contribution in [3.63, 3.8) is 0 Å². The smallest absolute Gasteiger partial charge is 0.288 e. The number of hydrogen-bond acceptors (Lipinski definition) is 1. The van der Waals surface area contributed by atoms with Gasteiger partial charge in [0.1, 0.15) is 6.04 Å². The molecule has 0 bridgehead atoms. The normalized spacial score (nSPS) is 22.6. The molecule has 0 aliphatic carbocycles. The van der Waals surface area contributed by atoms with Crippen LogP contribution in [0, 0.1) is 0 Å². The number of likely N-dealkylation sites (tertiary alicyclic amines) is 1. The molecule has 1 atom stereocenters. The molecule has 1 aromatic rings. The number of benzene rings is 1. The summed E-state index contributed by atoms with van der Waals surface area (Å²) in [7, 11) is 0. The van der Waals surface area contributed by atoms with E-state index in [9.17, 15) is 13.2 Å². The highest BCUT2D eigenvalue weighted by atomic mass is 19.4. The number of nitrogens with zero attached hydrogens (tertiary/aromatic N) is 1. The third-order valence-electron chi connectivity index (χ3n) is 3.22. The van der Waals surface area contributed by atoms with Crippen LogP contribution in [0.15, 0.2) is 30.3 Å². The summed E-state index contributed by atoms with van der Waals surface area (Å²) in [5, 5.41) is 0. The summed E-state index contributed by atoms with van der Waals surface area (Å²) in [5.74, 6) is 0. The molecule has 0 N–H and O–H groups in total. The summed E-state index contributed by atoms with van der Waals surface area (Å²) in [5.41, 5.74) is 0.948. The van der Waals surface area contributed by atoms with Crippen molar-refractivity contribution in [2.45, 2.75) is 38.0 Å². The third-order valence-corrected chi connectivity index (χ3v) is 3.22. The van der Waals surface area contributed by atoms with E-state index in [1.165, 1.54) is 0 Å². The first-order valence-electron chi connectivity index (χ1n) is 5.92. The lowest BCUT2D eigenvalue weighted by atomic mass is 10.0. The van der Waals surface area contributed by atoms with Crippen LogP contribution >= 0.6 is 0 Å². The van der Waals surface area contributed by atoms with Gasteiger partial charge in [-0.1, -0.05) is 36.8 Å². The van der Waals surface area contributed by atoms with E-state index >= 15 is 0 Å². The average Bonchev–Trinajstić information content (AvgIpc) is 2.30. The summed E-state index contributed by atoms with van der Waals surface area (Å²) < 4.78 is 38.6. The second-order valence-corrected chi connectivity index (χ2v) is 4.51. The Bertz CT molecular complexity index is 347. The van der Waals surface area contributed by atoms with E-state index < -0.39 is 12.2 Å². The minimum absolute atomic E-state index is 0.232. The first-order valence-corrected chi connectivity index (χ1v) is 5.92. The van der Waals surface area contributed by atoms with Crippen LogP contribution in [0.5, 0.6) is 0 Å². The third kappa shape index (κ3) is 3.22. The lowest BCUT2D eigenvalue weighted by molar-refractivity contribution is -0.192. The zero-order chi connectivity index (χ0) is 12.3. The van der Waals surface area contributed by atoms with Gasteiger partial charge in [-0.05, 0) is 24.9 Å². The maximum absolute atomic E-state index is 12.9. The van der Waals surface area contributed by atoms with Crippen LogP contribution in [-0.2, 0) is 6.54 Å². The molecule has 0 saturated carbocycles. The number of rotatable bonds is 2. The van der Waals surface area contributed by atoms with E-state index in [1.54, 1.807) is 4.90 Å². The molecule has 0 spiro atoms. The quantitative estimate of drug-likeness (QED) is 0.767. The Morgan fingerprint density at radius 1 is 1.12 bits per heavy atom. The molecule has 0 aromatic heterocycles. The van der Waals surface area contributed by atoms with Gasteiger partial charge in [-0.15, -0.1) is 0 Å². The standard InChI is InChI=1S/C13H16F3N/c14-13(15,16)12-8-4-5-9-17(12)10-11-6-2-1-3-7-11/h1-3,6-7,12H,4-5,8-10H2. The van der Waals surface area contributed by atoms with Crippen LogP contribution in [-0.4, -0.2) is 23.7 Å². The molecule has 1 aromatic carbocycles. The van der Waals surface area contributed by atoms with E-state index in [0.717, 1.165) is 12.0 Å². The van der Waals surface area contributed by atoms with Gasteiger partial charge in [0.2, 0.25) is 0 Å². The van der Waals surface area contributed by atoms with Gasteiger partial charge in [-0.2, -0.15) is 13.2 Å². The van der Waals surface area contributed by atoms with E-state index in [2.05, 4.69) is 0 Å². The molecule has 1 aliphatic heterocycles.